The predicted molar refractivity (Wildman–Crippen MR) is 95.9 cm³/mol. The highest BCUT2D eigenvalue weighted by Crippen LogP contribution is 2.18. The van der Waals surface area contributed by atoms with Crippen LogP contribution in [0.4, 0.5) is 4.39 Å². The Morgan fingerprint density at radius 3 is 2.67 bits per heavy atom. The van der Waals surface area contributed by atoms with E-state index in [4.69, 9.17) is 0 Å². The molecule has 4 heteroatoms. The molecule has 0 saturated carbocycles. The van der Waals surface area contributed by atoms with E-state index in [9.17, 15) is 9.18 Å². The highest BCUT2D eigenvalue weighted by molar-refractivity contribution is 5.83. The van der Waals surface area contributed by atoms with Crippen molar-refractivity contribution in [3.63, 3.8) is 0 Å². The molecule has 0 unspecified atom stereocenters. The first-order valence-corrected chi connectivity index (χ1v) is 8.12. The van der Waals surface area contributed by atoms with Gasteiger partial charge in [-0.3, -0.25) is 4.79 Å². The van der Waals surface area contributed by atoms with Crippen LogP contribution in [-0.4, -0.2) is 11.5 Å². The Kier molecular flexibility index (Phi) is 4.76. The summed E-state index contributed by atoms with van der Waals surface area (Å²) in [7, 11) is 0. The first-order chi connectivity index (χ1) is 11.6. The number of aromatic amines is 1. The third-order valence-corrected chi connectivity index (χ3v) is 4.47. The first-order valence-electron chi connectivity index (χ1n) is 8.12. The number of fused-ring (bicyclic) bond motifs is 1. The van der Waals surface area contributed by atoms with Crippen LogP contribution in [0, 0.1) is 19.7 Å². The summed E-state index contributed by atoms with van der Waals surface area (Å²) in [5.41, 5.74) is 4.46. The minimum absolute atomic E-state index is 0.0745. The summed E-state index contributed by atoms with van der Waals surface area (Å²) in [4.78, 5) is 15.2. The molecule has 0 amide bonds. The van der Waals surface area contributed by atoms with E-state index < -0.39 is 0 Å². The SMILES string of the molecule is Cc1ccc2cc(CNCCc3ccccc3F)c(=O)[nH]c2c1C. The van der Waals surface area contributed by atoms with Gasteiger partial charge in [-0.25, -0.2) is 4.39 Å². The monoisotopic (exact) mass is 324 g/mol. The van der Waals surface area contributed by atoms with Gasteiger partial charge in [-0.15, -0.1) is 0 Å². The number of benzene rings is 2. The molecule has 124 valence electrons. The van der Waals surface area contributed by atoms with Crippen LogP contribution in [-0.2, 0) is 13.0 Å². The van der Waals surface area contributed by atoms with Gasteiger partial charge in [0.1, 0.15) is 5.82 Å². The van der Waals surface area contributed by atoms with Crippen LogP contribution in [0.3, 0.4) is 0 Å². The van der Waals surface area contributed by atoms with E-state index in [1.807, 2.05) is 32.0 Å². The molecule has 0 saturated heterocycles. The van der Waals surface area contributed by atoms with Gasteiger partial charge in [-0.1, -0.05) is 30.3 Å². The van der Waals surface area contributed by atoms with E-state index in [1.54, 1.807) is 12.1 Å². The Balaban J connectivity index is 1.69. The van der Waals surface area contributed by atoms with Crippen LogP contribution >= 0.6 is 0 Å². The molecule has 1 aromatic heterocycles. The maximum absolute atomic E-state index is 13.6. The minimum Gasteiger partial charge on any atom is -0.321 e. The zero-order chi connectivity index (χ0) is 17.1. The summed E-state index contributed by atoms with van der Waals surface area (Å²) in [6.45, 7) is 5.13. The van der Waals surface area contributed by atoms with Crippen LogP contribution in [0.15, 0.2) is 47.3 Å². The number of aryl methyl sites for hydroxylation is 2. The molecule has 24 heavy (non-hydrogen) atoms. The standard InChI is InChI=1S/C20H21FN2O/c1-13-7-8-16-11-17(20(24)23-19(16)14(13)2)12-22-10-9-15-5-3-4-6-18(15)21/h3-8,11,22H,9-10,12H2,1-2H3,(H,23,24). The van der Waals surface area contributed by atoms with Crippen LogP contribution in [0.2, 0.25) is 0 Å². The zero-order valence-electron chi connectivity index (χ0n) is 13.9. The van der Waals surface area contributed by atoms with E-state index >= 15 is 0 Å². The van der Waals surface area contributed by atoms with Crippen molar-refractivity contribution in [3.8, 4) is 0 Å². The van der Waals surface area contributed by atoms with Gasteiger partial charge in [0.05, 0.1) is 5.52 Å². The van der Waals surface area contributed by atoms with E-state index in [-0.39, 0.29) is 11.4 Å². The third-order valence-electron chi connectivity index (χ3n) is 4.47. The lowest BCUT2D eigenvalue weighted by atomic mass is 10.0. The van der Waals surface area contributed by atoms with Crippen molar-refractivity contribution in [1.29, 1.82) is 0 Å². The van der Waals surface area contributed by atoms with Gasteiger partial charge in [-0.2, -0.15) is 0 Å². The second kappa shape index (κ2) is 6.97. The molecule has 3 nitrogen and oxygen atoms in total. The molecule has 0 radical (unpaired) electrons. The highest BCUT2D eigenvalue weighted by Gasteiger charge is 2.06. The number of aromatic nitrogens is 1. The fourth-order valence-electron chi connectivity index (χ4n) is 2.85. The average molecular weight is 324 g/mol. The van der Waals surface area contributed by atoms with Gasteiger partial charge in [0.25, 0.3) is 5.56 Å². The number of halogens is 1. The van der Waals surface area contributed by atoms with Crippen molar-refractivity contribution in [2.24, 2.45) is 0 Å². The van der Waals surface area contributed by atoms with Gasteiger partial charge in [0.15, 0.2) is 0 Å². The molecule has 2 N–H and O–H groups in total. The molecule has 0 aliphatic rings. The lowest BCUT2D eigenvalue weighted by Crippen LogP contribution is -2.23. The van der Waals surface area contributed by atoms with Crippen LogP contribution < -0.4 is 10.9 Å². The second-order valence-electron chi connectivity index (χ2n) is 6.11. The smallest absolute Gasteiger partial charge is 0.252 e. The number of rotatable bonds is 5. The van der Waals surface area contributed by atoms with Gasteiger partial charge < -0.3 is 10.3 Å². The Labute approximate surface area is 140 Å². The number of hydrogen-bond acceptors (Lipinski definition) is 2. The molecule has 2 aromatic carbocycles. The van der Waals surface area contributed by atoms with Crippen molar-refractivity contribution in [2.45, 2.75) is 26.8 Å². The summed E-state index contributed by atoms with van der Waals surface area (Å²) in [6.07, 6.45) is 0.594. The largest absolute Gasteiger partial charge is 0.321 e. The zero-order valence-corrected chi connectivity index (χ0v) is 13.9. The summed E-state index contributed by atoms with van der Waals surface area (Å²) in [5, 5.41) is 4.25. The Morgan fingerprint density at radius 2 is 1.88 bits per heavy atom. The molecule has 0 spiro atoms. The van der Waals surface area contributed by atoms with Crippen molar-refractivity contribution in [2.75, 3.05) is 6.54 Å². The highest BCUT2D eigenvalue weighted by atomic mass is 19.1. The molecule has 0 aliphatic carbocycles. The van der Waals surface area contributed by atoms with Crippen molar-refractivity contribution in [1.82, 2.24) is 10.3 Å². The molecule has 0 aliphatic heterocycles. The Bertz CT molecular complexity index is 931. The van der Waals surface area contributed by atoms with Crippen molar-refractivity contribution < 1.29 is 4.39 Å². The lowest BCUT2D eigenvalue weighted by Gasteiger charge is -2.09. The molecule has 1 heterocycles. The number of pyridine rings is 1. The Morgan fingerprint density at radius 1 is 1.08 bits per heavy atom. The summed E-state index contributed by atoms with van der Waals surface area (Å²) in [5.74, 6) is -0.186. The molecule has 3 aromatic rings. The lowest BCUT2D eigenvalue weighted by molar-refractivity contribution is 0.597. The summed E-state index contributed by atoms with van der Waals surface area (Å²) < 4.78 is 13.6. The molecular weight excluding hydrogens is 303 g/mol. The van der Waals surface area contributed by atoms with E-state index in [0.29, 0.717) is 30.6 Å². The van der Waals surface area contributed by atoms with Gasteiger partial charge >= 0.3 is 0 Å². The normalized spacial score (nSPS) is 11.1. The van der Waals surface area contributed by atoms with Crippen LogP contribution in [0.1, 0.15) is 22.3 Å². The van der Waals surface area contributed by atoms with Gasteiger partial charge in [0.2, 0.25) is 0 Å². The third kappa shape index (κ3) is 3.39. The predicted octanol–water partition coefficient (Wildman–Crippen LogP) is 3.62. The summed E-state index contributed by atoms with van der Waals surface area (Å²) >= 11 is 0. The number of nitrogens with one attached hydrogen (secondary N) is 2. The molecule has 0 bridgehead atoms. The molecule has 0 fully saturated rings. The first kappa shape index (κ1) is 16.4. The Hall–Kier alpha value is -2.46. The number of H-pyrrole nitrogens is 1. The van der Waals surface area contributed by atoms with E-state index in [1.165, 1.54) is 6.07 Å². The second-order valence-corrected chi connectivity index (χ2v) is 6.11. The van der Waals surface area contributed by atoms with Gasteiger partial charge in [-0.05, 0) is 61.0 Å². The fraction of sp³-hybridized carbons (Fsp3) is 0.250. The minimum atomic E-state index is -0.186. The maximum Gasteiger partial charge on any atom is 0.252 e. The van der Waals surface area contributed by atoms with E-state index in [2.05, 4.69) is 16.4 Å². The van der Waals surface area contributed by atoms with Crippen molar-refractivity contribution >= 4 is 10.9 Å². The van der Waals surface area contributed by atoms with Crippen molar-refractivity contribution in [3.05, 3.63) is 80.9 Å². The molecule has 0 atom stereocenters. The maximum atomic E-state index is 13.6. The quantitative estimate of drug-likeness (QED) is 0.704. The van der Waals surface area contributed by atoms with Crippen LogP contribution in [0.25, 0.3) is 10.9 Å². The van der Waals surface area contributed by atoms with E-state index in [0.717, 1.165) is 22.0 Å². The fourth-order valence-corrected chi connectivity index (χ4v) is 2.85. The summed E-state index contributed by atoms with van der Waals surface area (Å²) in [6, 6.07) is 12.8. The number of hydrogen-bond donors (Lipinski definition) is 2. The topological polar surface area (TPSA) is 44.9 Å². The molecule has 3 rings (SSSR count). The van der Waals surface area contributed by atoms with Crippen LogP contribution in [0.5, 0.6) is 0 Å². The average Bonchev–Trinajstić information content (AvgIpc) is 2.57. The molecular formula is C20H21FN2O. The van der Waals surface area contributed by atoms with Gasteiger partial charge in [0, 0.05) is 12.1 Å².